The van der Waals surface area contributed by atoms with E-state index in [1.165, 1.54) is 0 Å². The van der Waals surface area contributed by atoms with Crippen LogP contribution in [0.2, 0.25) is 0 Å². The van der Waals surface area contributed by atoms with Crippen molar-refractivity contribution in [3.8, 4) is 5.75 Å². The third-order valence-electron chi connectivity index (χ3n) is 1.82. The highest BCUT2D eigenvalue weighted by atomic mass is 35.7. The van der Waals surface area contributed by atoms with Crippen LogP contribution < -0.4 is 4.74 Å². The van der Waals surface area contributed by atoms with Gasteiger partial charge < -0.3 is 4.74 Å². The van der Waals surface area contributed by atoms with E-state index >= 15 is 0 Å². The highest BCUT2D eigenvalue weighted by Gasteiger charge is 2.30. The smallest absolute Gasteiger partial charge is 0.300 e. The van der Waals surface area contributed by atoms with Gasteiger partial charge >= 0.3 is 0 Å². The quantitative estimate of drug-likeness (QED) is 0.478. The Labute approximate surface area is 104 Å². The molecule has 0 N–H and O–H groups in total. The van der Waals surface area contributed by atoms with Crippen LogP contribution in [0.4, 0.5) is 14.5 Å². The summed E-state index contributed by atoms with van der Waals surface area (Å²) >= 11 is 0. The maximum absolute atomic E-state index is 12.5. The Kier molecular flexibility index (Phi) is 4.02. The molecule has 0 bridgehead atoms. The molecule has 0 spiro atoms. The summed E-state index contributed by atoms with van der Waals surface area (Å²) in [5, 5.41) is 9.56. The predicted molar refractivity (Wildman–Crippen MR) is 55.4 cm³/mol. The van der Waals surface area contributed by atoms with Gasteiger partial charge in [-0.3, -0.25) is 10.1 Å². The number of hydrogen-bond donors (Lipinski definition) is 0. The number of hydrogen-bond acceptors (Lipinski definition) is 6. The number of methoxy groups -OCH3 is 1. The lowest BCUT2D eigenvalue weighted by Crippen LogP contribution is -2.06. The monoisotopic (exact) mass is 302 g/mol. The molecule has 0 aromatic carbocycles. The Balaban J connectivity index is 3.68. The minimum atomic E-state index is -4.46. The fourth-order valence-electron chi connectivity index (χ4n) is 1.11. The minimum absolute atomic E-state index is 0.532. The van der Waals surface area contributed by atoms with Crippen molar-refractivity contribution < 1.29 is 26.9 Å². The molecule has 0 saturated carbocycles. The Bertz CT molecular complexity index is 592. The van der Waals surface area contributed by atoms with E-state index in [4.69, 9.17) is 10.7 Å². The van der Waals surface area contributed by atoms with Crippen LogP contribution in [-0.4, -0.2) is 25.4 Å². The Morgan fingerprint density at radius 3 is 2.44 bits per heavy atom. The molecule has 0 radical (unpaired) electrons. The number of rotatable bonds is 4. The van der Waals surface area contributed by atoms with E-state index in [9.17, 15) is 27.3 Å². The third-order valence-corrected chi connectivity index (χ3v) is 3.01. The molecule has 100 valence electrons. The number of pyridine rings is 1. The zero-order valence-electron chi connectivity index (χ0n) is 8.63. The van der Waals surface area contributed by atoms with Crippen LogP contribution in [0.1, 0.15) is 12.1 Å². The highest BCUT2D eigenvalue weighted by Crippen LogP contribution is 2.35. The summed E-state index contributed by atoms with van der Waals surface area (Å²) in [6.45, 7) is 0. The number of aromatic nitrogens is 1. The van der Waals surface area contributed by atoms with E-state index in [1.807, 2.05) is 0 Å². The fourth-order valence-corrected chi connectivity index (χ4v) is 2.03. The summed E-state index contributed by atoms with van der Waals surface area (Å²) in [6, 6.07) is 0.532. The average Bonchev–Trinajstić information content (AvgIpc) is 2.25. The predicted octanol–water partition coefficient (Wildman–Crippen LogP) is 1.86. The molecule has 0 amide bonds. The summed E-state index contributed by atoms with van der Waals surface area (Å²) in [7, 11) is 1.50. The van der Waals surface area contributed by atoms with Gasteiger partial charge in [-0.1, -0.05) is 0 Å². The molecule has 18 heavy (non-hydrogen) atoms. The Morgan fingerprint density at radius 1 is 1.56 bits per heavy atom. The first kappa shape index (κ1) is 14.5. The van der Waals surface area contributed by atoms with Crippen LogP contribution in [0.5, 0.6) is 5.75 Å². The second-order valence-electron chi connectivity index (χ2n) is 2.90. The van der Waals surface area contributed by atoms with Crippen molar-refractivity contribution in [2.24, 2.45) is 0 Å². The molecule has 0 saturated heterocycles. The molecule has 1 aromatic rings. The van der Waals surface area contributed by atoms with Gasteiger partial charge in [-0.25, -0.2) is 22.2 Å². The molecule has 7 nitrogen and oxygen atoms in total. The van der Waals surface area contributed by atoms with E-state index in [0.29, 0.717) is 6.07 Å². The van der Waals surface area contributed by atoms with E-state index in [-0.39, 0.29) is 0 Å². The molecular weight excluding hydrogens is 298 g/mol. The number of alkyl halides is 2. The second kappa shape index (κ2) is 4.98. The minimum Gasteiger partial charge on any atom is -0.493 e. The lowest BCUT2D eigenvalue weighted by Gasteiger charge is -2.07. The van der Waals surface area contributed by atoms with Gasteiger partial charge in [0.25, 0.3) is 21.2 Å². The average molecular weight is 303 g/mol. The van der Waals surface area contributed by atoms with Gasteiger partial charge in [-0.2, -0.15) is 0 Å². The van der Waals surface area contributed by atoms with Gasteiger partial charge in [-0.05, 0) is 0 Å². The molecule has 0 atom stereocenters. The molecule has 0 aliphatic heterocycles. The lowest BCUT2D eigenvalue weighted by atomic mass is 10.3. The van der Waals surface area contributed by atoms with Crippen LogP contribution in [0, 0.1) is 10.1 Å². The van der Waals surface area contributed by atoms with Gasteiger partial charge in [0, 0.05) is 10.7 Å². The van der Waals surface area contributed by atoms with Gasteiger partial charge in [0.05, 0.1) is 18.1 Å². The molecule has 1 rings (SSSR count). The first-order valence-corrected chi connectivity index (χ1v) is 6.45. The van der Waals surface area contributed by atoms with Crippen molar-refractivity contribution in [1.29, 1.82) is 0 Å². The molecule has 11 heteroatoms. The van der Waals surface area contributed by atoms with Crippen LogP contribution in [0.15, 0.2) is 11.1 Å². The second-order valence-corrected chi connectivity index (χ2v) is 5.38. The van der Waals surface area contributed by atoms with Gasteiger partial charge in [-0.15, -0.1) is 0 Å². The molecule has 0 aliphatic carbocycles. The number of ether oxygens (including phenoxy) is 1. The molecule has 0 aliphatic rings. The molecule has 0 fully saturated rings. The van der Waals surface area contributed by atoms with Crippen LogP contribution in [0.3, 0.4) is 0 Å². The first-order chi connectivity index (χ1) is 8.18. The van der Waals surface area contributed by atoms with E-state index in [1.54, 1.807) is 0 Å². The van der Waals surface area contributed by atoms with E-state index in [2.05, 4.69) is 9.72 Å². The fraction of sp³-hybridized carbons (Fsp3) is 0.286. The van der Waals surface area contributed by atoms with Crippen LogP contribution >= 0.6 is 10.7 Å². The SMILES string of the molecule is COc1cc([N+](=O)[O-])c(C(F)F)nc1S(=O)(=O)Cl. The van der Waals surface area contributed by atoms with Crippen molar-refractivity contribution in [3.05, 3.63) is 21.9 Å². The van der Waals surface area contributed by atoms with Gasteiger partial charge in [0.1, 0.15) is 0 Å². The maximum atomic E-state index is 12.5. The summed E-state index contributed by atoms with van der Waals surface area (Å²) in [4.78, 5) is 12.4. The van der Waals surface area contributed by atoms with Crippen LogP contribution in [0.25, 0.3) is 0 Å². The highest BCUT2D eigenvalue weighted by molar-refractivity contribution is 8.13. The van der Waals surface area contributed by atoms with Crippen molar-refractivity contribution in [1.82, 2.24) is 4.98 Å². The maximum Gasteiger partial charge on any atom is 0.300 e. The number of halogens is 3. The summed E-state index contributed by atoms with van der Waals surface area (Å²) in [5.74, 6) is -0.582. The van der Waals surface area contributed by atoms with Gasteiger partial charge in [0.2, 0.25) is 5.03 Å². The van der Waals surface area contributed by atoms with E-state index < -0.39 is 42.6 Å². The topological polar surface area (TPSA) is 99.4 Å². The van der Waals surface area contributed by atoms with Crippen LogP contribution in [-0.2, 0) is 9.05 Å². The summed E-state index contributed by atoms with van der Waals surface area (Å²) in [5.41, 5.74) is -2.34. The molecule has 0 unspecified atom stereocenters. The number of nitro groups is 1. The lowest BCUT2D eigenvalue weighted by molar-refractivity contribution is -0.386. The van der Waals surface area contributed by atoms with E-state index in [0.717, 1.165) is 7.11 Å². The molecule has 1 heterocycles. The standard InChI is InChI=1S/C7H5ClF2N2O5S/c1-17-4-2-3(12(13)14)5(6(9)10)11-7(4)18(8,15)16/h2,6H,1H3. The summed E-state index contributed by atoms with van der Waals surface area (Å²) in [6.07, 6.45) is -3.33. The zero-order valence-corrected chi connectivity index (χ0v) is 10.2. The Morgan fingerprint density at radius 2 is 2.11 bits per heavy atom. The van der Waals surface area contributed by atoms with Gasteiger partial charge in [0.15, 0.2) is 11.4 Å². The summed E-state index contributed by atoms with van der Waals surface area (Å²) < 4.78 is 51.8. The van der Waals surface area contributed by atoms with Crippen molar-refractivity contribution in [2.45, 2.75) is 11.5 Å². The van der Waals surface area contributed by atoms with Crippen molar-refractivity contribution >= 4 is 25.4 Å². The molecular formula is C7H5ClF2N2O5S. The van der Waals surface area contributed by atoms with Crippen molar-refractivity contribution in [3.63, 3.8) is 0 Å². The normalized spacial score (nSPS) is 11.6. The zero-order chi connectivity index (χ0) is 14.1. The number of nitrogens with zero attached hydrogens (tertiary/aromatic N) is 2. The first-order valence-electron chi connectivity index (χ1n) is 4.14. The Hall–Kier alpha value is -1.55. The largest absolute Gasteiger partial charge is 0.493 e. The molecule has 1 aromatic heterocycles. The third kappa shape index (κ3) is 2.82. The van der Waals surface area contributed by atoms with Crippen molar-refractivity contribution in [2.75, 3.05) is 7.11 Å².